The Hall–Kier alpha value is -1.41. The van der Waals surface area contributed by atoms with Crippen molar-refractivity contribution in [1.82, 2.24) is 9.97 Å². The van der Waals surface area contributed by atoms with E-state index < -0.39 is 0 Å². The molecule has 0 atom stereocenters. The predicted octanol–water partition coefficient (Wildman–Crippen LogP) is 4.89. The third-order valence-corrected chi connectivity index (χ3v) is 4.01. The first-order valence-electron chi connectivity index (χ1n) is 6.94. The summed E-state index contributed by atoms with van der Waals surface area (Å²) in [6, 6.07) is 10.3. The second-order valence-electron chi connectivity index (χ2n) is 5.98. The van der Waals surface area contributed by atoms with Gasteiger partial charge < -0.3 is 0 Å². The van der Waals surface area contributed by atoms with E-state index >= 15 is 0 Å². The number of aromatic nitrogens is 2. The molecule has 0 saturated carbocycles. The Bertz CT molecular complexity index is 581. The van der Waals surface area contributed by atoms with Crippen LogP contribution in [0.1, 0.15) is 56.3 Å². The lowest BCUT2D eigenvalue weighted by Crippen LogP contribution is -2.23. The first-order chi connectivity index (χ1) is 9.34. The minimum absolute atomic E-state index is 0.259. The molecule has 0 aliphatic carbocycles. The Morgan fingerprint density at radius 3 is 2.15 bits per heavy atom. The minimum Gasteiger partial charge on any atom is -0.237 e. The van der Waals surface area contributed by atoms with Crippen molar-refractivity contribution in [2.75, 3.05) is 0 Å². The Kier molecular flexibility index (Phi) is 4.14. The van der Waals surface area contributed by atoms with Gasteiger partial charge in [-0.2, -0.15) is 0 Å². The number of rotatable bonds is 3. The molecule has 0 aliphatic heterocycles. The monoisotopic (exact) mass is 288 g/mol. The van der Waals surface area contributed by atoms with Gasteiger partial charge in [-0.25, -0.2) is 9.97 Å². The molecule has 1 heterocycles. The topological polar surface area (TPSA) is 25.8 Å². The largest absolute Gasteiger partial charge is 0.237 e. The molecule has 20 heavy (non-hydrogen) atoms. The highest BCUT2D eigenvalue weighted by atomic mass is 35.5. The highest BCUT2D eigenvalue weighted by Crippen LogP contribution is 2.32. The number of aryl methyl sites for hydroxylation is 1. The average molecular weight is 289 g/mol. The lowest BCUT2D eigenvalue weighted by atomic mass is 9.83. The van der Waals surface area contributed by atoms with Gasteiger partial charge in [0.1, 0.15) is 11.0 Å². The molecular formula is C17H21ClN2. The van der Waals surface area contributed by atoms with Crippen LogP contribution in [0.15, 0.2) is 30.3 Å². The van der Waals surface area contributed by atoms with Crippen molar-refractivity contribution in [1.29, 1.82) is 0 Å². The van der Waals surface area contributed by atoms with Gasteiger partial charge in [0.25, 0.3) is 0 Å². The van der Waals surface area contributed by atoms with Crippen molar-refractivity contribution in [2.45, 2.75) is 46.0 Å². The maximum Gasteiger partial charge on any atom is 0.140 e. The molecule has 2 nitrogen and oxygen atoms in total. The smallest absolute Gasteiger partial charge is 0.140 e. The van der Waals surface area contributed by atoms with Gasteiger partial charge in [-0.15, -0.1) is 0 Å². The van der Waals surface area contributed by atoms with Gasteiger partial charge in [0.2, 0.25) is 0 Å². The van der Waals surface area contributed by atoms with Crippen LogP contribution in [-0.4, -0.2) is 9.97 Å². The molecule has 0 bridgehead atoms. The van der Waals surface area contributed by atoms with E-state index in [9.17, 15) is 0 Å². The highest BCUT2D eigenvalue weighted by Gasteiger charge is 2.28. The molecule has 3 heteroatoms. The summed E-state index contributed by atoms with van der Waals surface area (Å²) in [5.74, 6) is 1.10. The number of benzene rings is 1. The van der Waals surface area contributed by atoms with Crippen LogP contribution in [0, 0.1) is 6.92 Å². The second kappa shape index (κ2) is 5.53. The van der Waals surface area contributed by atoms with E-state index in [1.165, 1.54) is 5.56 Å². The fourth-order valence-electron chi connectivity index (χ4n) is 2.47. The molecule has 1 aromatic carbocycles. The van der Waals surface area contributed by atoms with Crippen LogP contribution in [0.3, 0.4) is 0 Å². The van der Waals surface area contributed by atoms with Crippen LogP contribution >= 0.6 is 11.6 Å². The Morgan fingerprint density at radius 1 is 1.05 bits per heavy atom. The molecule has 1 aromatic heterocycles. The van der Waals surface area contributed by atoms with Crippen LogP contribution in [0.5, 0.6) is 0 Å². The van der Waals surface area contributed by atoms with Crippen molar-refractivity contribution in [3.8, 4) is 0 Å². The lowest BCUT2D eigenvalue weighted by Gasteiger charge is -2.25. The quantitative estimate of drug-likeness (QED) is 0.752. The number of nitrogens with zero attached hydrogens (tertiary/aromatic N) is 2. The van der Waals surface area contributed by atoms with Gasteiger partial charge in [-0.05, 0) is 32.3 Å². The van der Waals surface area contributed by atoms with Crippen LogP contribution in [0.2, 0.25) is 5.15 Å². The van der Waals surface area contributed by atoms with Gasteiger partial charge >= 0.3 is 0 Å². The van der Waals surface area contributed by atoms with Gasteiger partial charge in [0, 0.05) is 16.7 Å². The molecule has 0 radical (unpaired) electrons. The molecular weight excluding hydrogens is 268 g/mol. The normalized spacial score (nSPS) is 11.9. The third-order valence-electron chi connectivity index (χ3n) is 3.72. The summed E-state index contributed by atoms with van der Waals surface area (Å²) < 4.78 is 0. The molecule has 0 saturated heterocycles. The highest BCUT2D eigenvalue weighted by molar-refractivity contribution is 6.30. The molecule has 2 aromatic rings. The Morgan fingerprint density at radius 2 is 1.65 bits per heavy atom. The van der Waals surface area contributed by atoms with Crippen molar-refractivity contribution in [3.63, 3.8) is 0 Å². The minimum atomic E-state index is -0.259. The maximum atomic E-state index is 6.37. The van der Waals surface area contributed by atoms with Gasteiger partial charge in [0.15, 0.2) is 0 Å². The number of hydrogen-bond donors (Lipinski definition) is 0. The first-order valence-corrected chi connectivity index (χ1v) is 7.32. The van der Waals surface area contributed by atoms with Crippen LogP contribution in [0.4, 0.5) is 0 Å². The Balaban J connectivity index is 2.54. The van der Waals surface area contributed by atoms with E-state index in [4.69, 9.17) is 16.6 Å². The summed E-state index contributed by atoms with van der Waals surface area (Å²) in [5.41, 5.74) is 2.94. The van der Waals surface area contributed by atoms with E-state index in [1.54, 1.807) is 0 Å². The third kappa shape index (κ3) is 2.71. The summed E-state index contributed by atoms with van der Waals surface area (Å²) in [5, 5.41) is 0.575. The molecule has 0 aliphatic rings. The van der Waals surface area contributed by atoms with Crippen molar-refractivity contribution in [3.05, 3.63) is 58.1 Å². The molecule has 0 unspecified atom stereocenters. The molecule has 2 rings (SSSR count). The summed E-state index contributed by atoms with van der Waals surface area (Å²) in [6.07, 6.45) is 0. The summed E-state index contributed by atoms with van der Waals surface area (Å²) in [4.78, 5) is 9.27. The Labute approximate surface area is 126 Å². The molecule has 0 amide bonds. The standard InChI is InChI=1S/C17H21ClN2/c1-11(2)14-12(3)19-16(20-15(14)18)17(4,5)13-9-7-6-8-10-13/h6-11H,1-5H3. The van der Waals surface area contributed by atoms with E-state index in [1.807, 2.05) is 25.1 Å². The average Bonchev–Trinajstić information content (AvgIpc) is 2.38. The molecule has 106 valence electrons. The second-order valence-corrected chi connectivity index (χ2v) is 6.34. The summed E-state index contributed by atoms with van der Waals surface area (Å²) in [6.45, 7) is 10.5. The SMILES string of the molecule is Cc1nc(C(C)(C)c2ccccc2)nc(Cl)c1C(C)C. The molecule has 0 fully saturated rings. The fraction of sp³-hybridized carbons (Fsp3) is 0.412. The fourth-order valence-corrected chi connectivity index (χ4v) is 2.90. The zero-order valence-electron chi connectivity index (χ0n) is 12.7. The van der Waals surface area contributed by atoms with Crippen molar-refractivity contribution >= 4 is 11.6 Å². The van der Waals surface area contributed by atoms with Crippen LogP contribution in [0.25, 0.3) is 0 Å². The van der Waals surface area contributed by atoms with Gasteiger partial charge in [-0.3, -0.25) is 0 Å². The number of halogens is 1. The first kappa shape index (κ1) is 15.0. The van der Waals surface area contributed by atoms with Crippen molar-refractivity contribution < 1.29 is 0 Å². The van der Waals surface area contributed by atoms with E-state index in [0.29, 0.717) is 11.1 Å². The lowest BCUT2D eigenvalue weighted by molar-refractivity contribution is 0.583. The van der Waals surface area contributed by atoms with Crippen molar-refractivity contribution in [2.24, 2.45) is 0 Å². The van der Waals surface area contributed by atoms with E-state index in [-0.39, 0.29) is 5.41 Å². The van der Waals surface area contributed by atoms with Crippen LogP contribution < -0.4 is 0 Å². The van der Waals surface area contributed by atoms with Gasteiger partial charge in [-0.1, -0.05) is 55.8 Å². The predicted molar refractivity (Wildman–Crippen MR) is 84.4 cm³/mol. The molecule has 0 spiro atoms. The summed E-state index contributed by atoms with van der Waals surface area (Å²) in [7, 11) is 0. The zero-order valence-corrected chi connectivity index (χ0v) is 13.5. The summed E-state index contributed by atoms with van der Waals surface area (Å²) >= 11 is 6.37. The number of hydrogen-bond acceptors (Lipinski definition) is 2. The van der Waals surface area contributed by atoms with E-state index in [2.05, 4.69) is 44.8 Å². The maximum absolute atomic E-state index is 6.37. The molecule has 0 N–H and O–H groups in total. The van der Waals surface area contributed by atoms with E-state index in [0.717, 1.165) is 17.1 Å². The van der Waals surface area contributed by atoms with Gasteiger partial charge in [0.05, 0.1) is 0 Å². The van der Waals surface area contributed by atoms with Crippen LogP contribution in [-0.2, 0) is 5.41 Å². The zero-order chi connectivity index (χ0) is 14.9.